The summed E-state index contributed by atoms with van der Waals surface area (Å²) in [5.41, 5.74) is 4.06. The lowest BCUT2D eigenvalue weighted by Gasteiger charge is -2.46. The third-order valence-corrected chi connectivity index (χ3v) is 7.19. The Labute approximate surface area is 208 Å². The molecule has 35 heavy (non-hydrogen) atoms. The van der Waals surface area contributed by atoms with E-state index in [9.17, 15) is 9.59 Å². The zero-order valence-corrected chi connectivity index (χ0v) is 20.0. The van der Waals surface area contributed by atoms with E-state index in [1.54, 1.807) is 31.1 Å². The molecule has 1 saturated heterocycles. The fourth-order valence-electron chi connectivity index (χ4n) is 4.25. The maximum atomic E-state index is 13.7. The zero-order chi connectivity index (χ0) is 24.2. The first kappa shape index (κ1) is 23.1. The lowest BCUT2D eigenvalue weighted by atomic mass is 10.00. The number of carbonyl (C=O) groups is 2. The van der Waals surface area contributed by atoms with E-state index < -0.39 is 12.1 Å². The van der Waals surface area contributed by atoms with E-state index in [2.05, 4.69) is 4.98 Å². The molecule has 6 nitrogen and oxygen atoms in total. The third-order valence-electron chi connectivity index (χ3n) is 5.89. The number of ether oxygens (including phenoxy) is 2. The van der Waals surface area contributed by atoms with Crippen molar-refractivity contribution in [3.05, 3.63) is 119 Å². The van der Waals surface area contributed by atoms with Gasteiger partial charge < -0.3 is 9.47 Å². The molecule has 1 atom stereocenters. The van der Waals surface area contributed by atoms with Gasteiger partial charge in [0.1, 0.15) is 11.1 Å². The molecule has 1 fully saturated rings. The van der Waals surface area contributed by atoms with Crippen LogP contribution in [0.25, 0.3) is 6.08 Å². The zero-order valence-electron chi connectivity index (χ0n) is 19.2. The van der Waals surface area contributed by atoms with E-state index in [0.29, 0.717) is 17.0 Å². The number of fused-ring (bicyclic) bond motifs is 1. The molecule has 1 amide bonds. The summed E-state index contributed by atoms with van der Waals surface area (Å²) < 4.78 is 11.5. The highest BCUT2D eigenvalue weighted by Crippen LogP contribution is 2.45. The lowest BCUT2D eigenvalue weighted by Crippen LogP contribution is -2.56. The second-order valence-electron chi connectivity index (χ2n) is 8.18. The second kappa shape index (κ2) is 10.3. The van der Waals surface area contributed by atoms with Gasteiger partial charge in [-0.2, -0.15) is 0 Å². The van der Waals surface area contributed by atoms with Gasteiger partial charge in [0.05, 0.1) is 17.9 Å². The minimum atomic E-state index is -0.603. The number of methoxy groups -OCH3 is 1. The first-order valence-electron chi connectivity index (χ1n) is 11.3. The van der Waals surface area contributed by atoms with Crippen molar-refractivity contribution in [1.82, 2.24) is 9.88 Å². The van der Waals surface area contributed by atoms with E-state index in [0.717, 1.165) is 16.7 Å². The number of benzene rings is 2. The van der Waals surface area contributed by atoms with Crippen LogP contribution >= 0.6 is 11.8 Å². The Morgan fingerprint density at radius 2 is 1.71 bits per heavy atom. The van der Waals surface area contributed by atoms with Crippen molar-refractivity contribution in [1.29, 1.82) is 0 Å². The molecule has 3 aromatic rings. The van der Waals surface area contributed by atoms with Crippen molar-refractivity contribution in [3.63, 3.8) is 0 Å². The molecular weight excluding hydrogens is 460 g/mol. The normalized spacial score (nSPS) is 18.5. The number of pyridine rings is 1. The van der Waals surface area contributed by atoms with Crippen LogP contribution in [0.4, 0.5) is 0 Å². The van der Waals surface area contributed by atoms with Crippen LogP contribution < -0.4 is 0 Å². The van der Waals surface area contributed by atoms with Gasteiger partial charge in [-0.3, -0.25) is 14.7 Å². The maximum absolute atomic E-state index is 13.7. The van der Waals surface area contributed by atoms with Gasteiger partial charge in [-0.05, 0) is 34.9 Å². The van der Waals surface area contributed by atoms with Crippen LogP contribution in [0.2, 0.25) is 0 Å². The predicted molar refractivity (Wildman–Crippen MR) is 135 cm³/mol. The molecule has 0 bridgehead atoms. The number of hydrogen-bond donors (Lipinski definition) is 0. The fraction of sp³-hybridized carbons (Fsp3) is 0.179. The van der Waals surface area contributed by atoms with Gasteiger partial charge >= 0.3 is 5.97 Å². The van der Waals surface area contributed by atoms with Gasteiger partial charge in [-0.15, -0.1) is 11.8 Å². The van der Waals surface area contributed by atoms with E-state index in [4.69, 9.17) is 9.47 Å². The Morgan fingerprint density at radius 3 is 2.31 bits per heavy atom. The Hall–Kier alpha value is -3.68. The molecule has 3 heterocycles. The van der Waals surface area contributed by atoms with Gasteiger partial charge in [-0.1, -0.05) is 66.7 Å². The number of β-lactam (4-membered cyclic amide) rings is 1. The molecule has 0 aliphatic carbocycles. The van der Waals surface area contributed by atoms with Gasteiger partial charge in [0.2, 0.25) is 0 Å². The van der Waals surface area contributed by atoms with Crippen molar-refractivity contribution < 1.29 is 19.1 Å². The Kier molecular flexibility index (Phi) is 6.79. The standard InChI is InChI=1S/C28H24N2O4S/c1-33-17-21-18-35-27-23(16-22-14-8-9-15-29-22)26(31)30(27)24(21)28(32)34-25(19-10-4-2-5-11-19)20-12-6-3-7-13-20/h2-16,25,27H,17-18H2,1H3/b23-16-/t27-/m1/s1. The summed E-state index contributed by atoms with van der Waals surface area (Å²) in [6.45, 7) is 0.245. The minimum absolute atomic E-state index is 0.218. The fourth-order valence-corrected chi connectivity index (χ4v) is 5.53. The molecule has 176 valence electrons. The first-order valence-corrected chi connectivity index (χ1v) is 12.3. The number of amides is 1. The molecule has 2 aliphatic rings. The molecular formula is C28H24N2O4S. The van der Waals surface area contributed by atoms with Crippen molar-refractivity contribution >= 4 is 29.7 Å². The minimum Gasteiger partial charge on any atom is -0.448 e. The highest BCUT2D eigenvalue weighted by molar-refractivity contribution is 8.00. The van der Waals surface area contributed by atoms with Crippen LogP contribution in [0.3, 0.4) is 0 Å². The summed E-state index contributed by atoms with van der Waals surface area (Å²) in [5.74, 6) is -0.192. The highest BCUT2D eigenvalue weighted by Gasteiger charge is 2.50. The number of rotatable bonds is 7. The summed E-state index contributed by atoms with van der Waals surface area (Å²) in [5, 5.41) is -0.264. The number of thioether (sulfide) groups is 1. The largest absolute Gasteiger partial charge is 0.448 e. The Balaban J connectivity index is 1.47. The summed E-state index contributed by atoms with van der Waals surface area (Å²) in [7, 11) is 1.58. The Morgan fingerprint density at radius 1 is 1.06 bits per heavy atom. The molecule has 7 heteroatoms. The first-order chi connectivity index (χ1) is 17.2. The van der Waals surface area contributed by atoms with Crippen LogP contribution in [-0.2, 0) is 19.1 Å². The van der Waals surface area contributed by atoms with Gasteiger partial charge in [-0.25, -0.2) is 4.79 Å². The van der Waals surface area contributed by atoms with Crippen LogP contribution in [-0.4, -0.2) is 46.6 Å². The average molecular weight is 485 g/mol. The molecule has 0 saturated carbocycles. The molecule has 5 rings (SSSR count). The predicted octanol–water partition coefficient (Wildman–Crippen LogP) is 4.61. The lowest BCUT2D eigenvalue weighted by molar-refractivity contribution is -0.149. The molecule has 0 radical (unpaired) electrons. The van der Waals surface area contributed by atoms with Crippen molar-refractivity contribution in [2.75, 3.05) is 19.5 Å². The Bertz CT molecular complexity index is 1240. The highest BCUT2D eigenvalue weighted by atomic mass is 32.2. The van der Waals surface area contributed by atoms with E-state index in [-0.39, 0.29) is 23.6 Å². The van der Waals surface area contributed by atoms with E-state index >= 15 is 0 Å². The third kappa shape index (κ3) is 4.65. The number of nitrogens with zero attached hydrogens (tertiary/aromatic N) is 2. The molecule has 2 aromatic carbocycles. The van der Waals surface area contributed by atoms with Gasteiger partial charge in [0.15, 0.2) is 6.10 Å². The molecule has 1 aromatic heterocycles. The maximum Gasteiger partial charge on any atom is 0.356 e. The van der Waals surface area contributed by atoms with Crippen LogP contribution in [0.5, 0.6) is 0 Å². The summed E-state index contributed by atoms with van der Waals surface area (Å²) in [6, 6.07) is 24.8. The SMILES string of the molecule is COCC1=C(C(=O)OC(c2ccccc2)c2ccccc2)N2C(=O)/C(=C/c3ccccn3)[C@H]2SC1. The molecule has 0 N–H and O–H groups in total. The summed E-state index contributed by atoms with van der Waals surface area (Å²) in [6.07, 6.45) is 2.88. The smallest absolute Gasteiger partial charge is 0.356 e. The van der Waals surface area contributed by atoms with Crippen molar-refractivity contribution in [2.45, 2.75) is 11.5 Å². The molecule has 2 aliphatic heterocycles. The van der Waals surface area contributed by atoms with Gasteiger partial charge in [0.25, 0.3) is 5.91 Å². The van der Waals surface area contributed by atoms with Gasteiger partial charge in [0, 0.05) is 19.1 Å². The topological polar surface area (TPSA) is 68.7 Å². The number of hydrogen-bond acceptors (Lipinski definition) is 6. The van der Waals surface area contributed by atoms with Crippen LogP contribution in [0, 0.1) is 0 Å². The van der Waals surface area contributed by atoms with E-state index in [1.165, 1.54) is 4.90 Å². The number of aromatic nitrogens is 1. The van der Waals surface area contributed by atoms with Crippen LogP contribution in [0.15, 0.2) is 102 Å². The number of esters is 1. The van der Waals surface area contributed by atoms with Crippen molar-refractivity contribution in [3.8, 4) is 0 Å². The monoisotopic (exact) mass is 484 g/mol. The molecule has 0 spiro atoms. The quantitative estimate of drug-likeness (QED) is 0.277. The van der Waals surface area contributed by atoms with Crippen LogP contribution in [0.1, 0.15) is 22.9 Å². The average Bonchev–Trinajstić information content (AvgIpc) is 2.91. The van der Waals surface area contributed by atoms with Crippen molar-refractivity contribution in [2.24, 2.45) is 0 Å². The summed E-state index contributed by atoms with van der Waals surface area (Å²) in [4.78, 5) is 32.7. The second-order valence-corrected chi connectivity index (χ2v) is 9.25. The summed E-state index contributed by atoms with van der Waals surface area (Å²) >= 11 is 1.59. The van der Waals surface area contributed by atoms with E-state index in [1.807, 2.05) is 78.9 Å². The molecule has 0 unspecified atom stereocenters. The number of carbonyl (C=O) groups excluding carboxylic acids is 2.